The van der Waals surface area contributed by atoms with Gasteiger partial charge in [0.15, 0.2) is 0 Å². The number of aromatic nitrogens is 3. The second-order valence-corrected chi connectivity index (χ2v) is 11.1. The number of hydrogen-bond donors (Lipinski definition) is 0. The van der Waals surface area contributed by atoms with Gasteiger partial charge in [-0.05, 0) is 45.8 Å². The third-order valence-electron chi connectivity index (χ3n) is 8.29. The zero-order chi connectivity index (χ0) is 27.8. The van der Waals surface area contributed by atoms with Crippen molar-refractivity contribution >= 4 is 27.5 Å². The predicted molar refractivity (Wildman–Crippen MR) is 165 cm³/mol. The highest BCUT2D eigenvalue weighted by Crippen LogP contribution is 2.33. The van der Waals surface area contributed by atoms with Crippen LogP contribution in [0.4, 0.5) is 0 Å². The van der Waals surface area contributed by atoms with Gasteiger partial charge in [-0.2, -0.15) is 0 Å². The van der Waals surface area contributed by atoms with E-state index >= 15 is 0 Å². The molecule has 1 fully saturated rings. The van der Waals surface area contributed by atoms with Crippen LogP contribution in [0.15, 0.2) is 110 Å². The number of amides is 1. The highest BCUT2D eigenvalue weighted by atomic mass is 16.2. The summed E-state index contributed by atoms with van der Waals surface area (Å²) >= 11 is 0. The summed E-state index contributed by atoms with van der Waals surface area (Å²) in [6.07, 6.45) is 8.00. The molecule has 0 N–H and O–H groups in total. The molecule has 0 spiro atoms. The standard InChI is InChI=1S/C35H33N5O/c1-37-15-17-39(18-16-37)35(41)34-24-38(23-33(34)32-12-6-10-28-8-4-5-11-31(28)32)22-30-20-36-25-40(30)21-26-13-14-27-7-2-3-9-29(27)19-26/h2-14,19-20,23-25H,15-18,21-22H2,1H3. The maximum absolute atomic E-state index is 13.9. The maximum atomic E-state index is 13.9. The Morgan fingerprint density at radius 1 is 0.756 bits per heavy atom. The van der Waals surface area contributed by atoms with Crippen LogP contribution in [-0.2, 0) is 13.1 Å². The number of carbonyl (C=O) groups is 1. The fourth-order valence-corrected chi connectivity index (χ4v) is 5.97. The van der Waals surface area contributed by atoms with Crippen LogP contribution >= 0.6 is 0 Å². The molecule has 0 saturated carbocycles. The maximum Gasteiger partial charge on any atom is 0.256 e. The lowest BCUT2D eigenvalue weighted by Gasteiger charge is -2.32. The van der Waals surface area contributed by atoms with Crippen molar-refractivity contribution in [1.82, 2.24) is 23.9 Å². The molecule has 41 heavy (non-hydrogen) atoms. The van der Waals surface area contributed by atoms with E-state index in [1.807, 2.05) is 23.6 Å². The number of benzene rings is 4. The molecule has 204 valence electrons. The van der Waals surface area contributed by atoms with Gasteiger partial charge in [-0.1, -0.05) is 78.9 Å². The first-order valence-corrected chi connectivity index (χ1v) is 14.2. The van der Waals surface area contributed by atoms with Crippen molar-refractivity contribution in [3.05, 3.63) is 127 Å². The normalized spacial score (nSPS) is 14.2. The van der Waals surface area contributed by atoms with Crippen molar-refractivity contribution in [3.63, 3.8) is 0 Å². The van der Waals surface area contributed by atoms with E-state index < -0.39 is 0 Å². The molecule has 2 aromatic heterocycles. The summed E-state index contributed by atoms with van der Waals surface area (Å²) in [6.45, 7) is 4.64. The number of carbonyl (C=O) groups excluding carboxylic acids is 1. The number of hydrogen-bond acceptors (Lipinski definition) is 3. The lowest BCUT2D eigenvalue weighted by atomic mass is 9.97. The van der Waals surface area contributed by atoms with E-state index in [0.717, 1.165) is 60.5 Å². The molecule has 1 aliphatic rings. The summed E-state index contributed by atoms with van der Waals surface area (Å²) in [5.74, 6) is 0.101. The van der Waals surface area contributed by atoms with Crippen molar-refractivity contribution in [3.8, 4) is 11.1 Å². The monoisotopic (exact) mass is 539 g/mol. The molecule has 7 rings (SSSR count). The number of nitrogens with zero attached hydrogens (tertiary/aromatic N) is 5. The smallest absolute Gasteiger partial charge is 0.256 e. The number of imidazole rings is 1. The summed E-state index contributed by atoms with van der Waals surface area (Å²) in [7, 11) is 2.11. The van der Waals surface area contributed by atoms with Crippen LogP contribution in [0.1, 0.15) is 21.6 Å². The first-order valence-electron chi connectivity index (χ1n) is 14.2. The Balaban J connectivity index is 1.23. The van der Waals surface area contributed by atoms with Crippen molar-refractivity contribution in [2.45, 2.75) is 13.1 Å². The quantitative estimate of drug-likeness (QED) is 0.255. The van der Waals surface area contributed by atoms with Gasteiger partial charge >= 0.3 is 0 Å². The molecule has 0 atom stereocenters. The van der Waals surface area contributed by atoms with Crippen LogP contribution in [0, 0.1) is 0 Å². The third kappa shape index (κ3) is 5.03. The average molecular weight is 540 g/mol. The lowest BCUT2D eigenvalue weighted by Crippen LogP contribution is -2.47. The van der Waals surface area contributed by atoms with Gasteiger partial charge in [0.25, 0.3) is 5.91 Å². The Bertz CT molecular complexity index is 1850. The molecule has 1 amide bonds. The molecule has 4 aromatic carbocycles. The molecule has 6 nitrogen and oxygen atoms in total. The highest BCUT2D eigenvalue weighted by molar-refractivity contribution is 6.06. The minimum atomic E-state index is 0.101. The molecule has 0 bridgehead atoms. The molecular formula is C35H33N5O. The van der Waals surface area contributed by atoms with Gasteiger partial charge in [-0.3, -0.25) is 4.79 Å². The molecule has 1 saturated heterocycles. The van der Waals surface area contributed by atoms with Crippen molar-refractivity contribution in [1.29, 1.82) is 0 Å². The molecule has 1 aliphatic heterocycles. The summed E-state index contributed by atoms with van der Waals surface area (Å²) < 4.78 is 4.35. The number of likely N-dealkylation sites (N-methyl/N-ethyl adjacent to an activating group) is 1. The Kier molecular flexibility index (Phi) is 6.61. The zero-order valence-electron chi connectivity index (χ0n) is 23.3. The van der Waals surface area contributed by atoms with Crippen LogP contribution in [0.5, 0.6) is 0 Å². The minimum Gasteiger partial charge on any atom is -0.347 e. The fourth-order valence-electron chi connectivity index (χ4n) is 5.97. The van der Waals surface area contributed by atoms with Crippen molar-refractivity contribution in [2.75, 3.05) is 33.2 Å². The van der Waals surface area contributed by atoms with E-state index in [1.54, 1.807) is 0 Å². The van der Waals surface area contributed by atoms with E-state index in [0.29, 0.717) is 6.54 Å². The number of fused-ring (bicyclic) bond motifs is 2. The van der Waals surface area contributed by atoms with E-state index in [-0.39, 0.29) is 5.91 Å². The molecule has 0 radical (unpaired) electrons. The summed E-state index contributed by atoms with van der Waals surface area (Å²) in [4.78, 5) is 22.7. The Labute approximate surface area is 240 Å². The van der Waals surface area contributed by atoms with Crippen LogP contribution in [-0.4, -0.2) is 63.1 Å². The van der Waals surface area contributed by atoms with E-state index in [4.69, 9.17) is 0 Å². The van der Waals surface area contributed by atoms with E-state index in [1.165, 1.54) is 21.7 Å². The van der Waals surface area contributed by atoms with Gasteiger partial charge in [-0.15, -0.1) is 0 Å². The van der Waals surface area contributed by atoms with Crippen LogP contribution in [0.3, 0.4) is 0 Å². The summed E-state index contributed by atoms with van der Waals surface area (Å²) in [5, 5.41) is 4.81. The van der Waals surface area contributed by atoms with Crippen molar-refractivity contribution < 1.29 is 4.79 Å². The Hall–Kier alpha value is -4.68. The second kappa shape index (κ2) is 10.7. The Morgan fingerprint density at radius 2 is 1.51 bits per heavy atom. The van der Waals surface area contributed by atoms with Crippen LogP contribution < -0.4 is 0 Å². The minimum absolute atomic E-state index is 0.101. The van der Waals surface area contributed by atoms with Crippen molar-refractivity contribution in [2.24, 2.45) is 0 Å². The van der Waals surface area contributed by atoms with E-state index in [2.05, 4.69) is 117 Å². The molecule has 6 heteroatoms. The van der Waals surface area contributed by atoms with E-state index in [9.17, 15) is 4.79 Å². The largest absolute Gasteiger partial charge is 0.347 e. The van der Waals surface area contributed by atoms with Gasteiger partial charge in [0.1, 0.15) is 0 Å². The topological polar surface area (TPSA) is 46.3 Å². The Morgan fingerprint density at radius 3 is 2.37 bits per heavy atom. The van der Waals surface area contributed by atoms with Gasteiger partial charge < -0.3 is 18.9 Å². The first-order chi connectivity index (χ1) is 20.1. The molecular weight excluding hydrogens is 506 g/mol. The second-order valence-electron chi connectivity index (χ2n) is 11.1. The SMILES string of the molecule is CN1CCN(C(=O)c2cn(Cc3cncn3Cc3ccc4ccccc4c3)cc2-c2cccc3ccccc23)CC1. The molecule has 0 unspecified atom stereocenters. The molecule has 3 heterocycles. The molecule has 6 aromatic rings. The van der Waals surface area contributed by atoms with Gasteiger partial charge in [-0.25, -0.2) is 4.98 Å². The zero-order valence-corrected chi connectivity index (χ0v) is 23.3. The highest BCUT2D eigenvalue weighted by Gasteiger charge is 2.25. The van der Waals surface area contributed by atoms with Gasteiger partial charge in [0.05, 0.1) is 24.1 Å². The van der Waals surface area contributed by atoms with Crippen LogP contribution in [0.2, 0.25) is 0 Å². The van der Waals surface area contributed by atoms with Gasteiger partial charge in [0.2, 0.25) is 0 Å². The van der Waals surface area contributed by atoms with Crippen LogP contribution in [0.25, 0.3) is 32.7 Å². The number of piperazine rings is 1. The summed E-state index contributed by atoms with van der Waals surface area (Å²) in [5.41, 5.74) is 5.15. The number of rotatable bonds is 6. The third-order valence-corrected chi connectivity index (χ3v) is 8.29. The molecule has 0 aliphatic carbocycles. The first kappa shape index (κ1) is 25.3. The fraction of sp³-hybridized carbons (Fsp3) is 0.200. The average Bonchev–Trinajstić information content (AvgIpc) is 3.63. The predicted octanol–water partition coefficient (Wildman–Crippen LogP) is 6.14. The lowest BCUT2D eigenvalue weighted by molar-refractivity contribution is 0.0665. The van der Waals surface area contributed by atoms with Gasteiger partial charge in [0, 0.05) is 56.9 Å². The summed E-state index contributed by atoms with van der Waals surface area (Å²) in [6, 6.07) is 29.8.